The zero-order valence-electron chi connectivity index (χ0n) is 20.0. The van der Waals surface area contributed by atoms with E-state index in [0.29, 0.717) is 34.6 Å². The van der Waals surface area contributed by atoms with Crippen LogP contribution in [0.15, 0.2) is 71.5 Å². The number of nitrogens with zero attached hydrogens (tertiary/aromatic N) is 4. The van der Waals surface area contributed by atoms with Gasteiger partial charge in [-0.2, -0.15) is 0 Å². The molecule has 188 valence electrons. The molecule has 5 heterocycles. The molecular weight excluding hydrogens is 523 g/mol. The number of para-hydroxylation sites is 2. The van der Waals surface area contributed by atoms with Crippen LogP contribution in [0.1, 0.15) is 24.2 Å². The van der Waals surface area contributed by atoms with Crippen molar-refractivity contribution in [3.05, 3.63) is 98.5 Å². The molecule has 0 aliphatic carbocycles. The zero-order valence-corrected chi connectivity index (χ0v) is 21.5. The van der Waals surface area contributed by atoms with Crippen LogP contribution in [0.3, 0.4) is 0 Å². The number of amides is 2. The number of rotatable bonds is 1. The number of carbonyl (C=O) groups excluding carboxylic acids is 2. The van der Waals surface area contributed by atoms with Crippen molar-refractivity contribution in [3.8, 4) is 5.69 Å². The van der Waals surface area contributed by atoms with Gasteiger partial charge in [0.15, 0.2) is 0 Å². The van der Waals surface area contributed by atoms with E-state index in [9.17, 15) is 14.4 Å². The molecule has 3 fully saturated rings. The quantitative estimate of drug-likeness (QED) is 0.330. The molecule has 0 N–H and O–H groups in total. The fraction of sp³-hybridized carbons (Fsp3) is 0.241. The van der Waals surface area contributed by atoms with Crippen LogP contribution in [-0.2, 0) is 15.1 Å². The van der Waals surface area contributed by atoms with E-state index in [4.69, 9.17) is 28.2 Å². The molecule has 1 aromatic heterocycles. The van der Waals surface area contributed by atoms with Gasteiger partial charge in [-0.25, -0.2) is 9.88 Å². The van der Waals surface area contributed by atoms with Crippen molar-refractivity contribution in [1.29, 1.82) is 0 Å². The highest BCUT2D eigenvalue weighted by molar-refractivity contribution is 6.45. The summed E-state index contributed by atoms with van der Waals surface area (Å²) in [5, 5.41) is 0.952. The minimum atomic E-state index is -1.06. The van der Waals surface area contributed by atoms with Crippen LogP contribution in [0.4, 0.5) is 5.69 Å². The first-order chi connectivity index (χ1) is 18.5. The first-order valence-electron chi connectivity index (χ1n) is 12.7. The van der Waals surface area contributed by atoms with Gasteiger partial charge in [0.25, 0.3) is 5.56 Å². The Hall–Kier alpha value is -3.52. The highest BCUT2D eigenvalue weighted by atomic mass is 35.5. The smallest absolute Gasteiger partial charge is 0.266 e. The summed E-state index contributed by atoms with van der Waals surface area (Å²) >= 11 is 12.8. The van der Waals surface area contributed by atoms with E-state index in [-0.39, 0.29) is 33.5 Å². The van der Waals surface area contributed by atoms with Gasteiger partial charge in [0.05, 0.1) is 44.2 Å². The highest BCUT2D eigenvalue weighted by Gasteiger charge is 2.73. The lowest BCUT2D eigenvalue weighted by Crippen LogP contribution is -2.51. The summed E-state index contributed by atoms with van der Waals surface area (Å²) in [6.45, 7) is 0.702. The number of benzene rings is 3. The van der Waals surface area contributed by atoms with Crippen LogP contribution < -0.4 is 10.5 Å². The molecule has 0 saturated carbocycles. The molecule has 0 unspecified atom stereocenters. The van der Waals surface area contributed by atoms with Crippen molar-refractivity contribution in [3.63, 3.8) is 0 Å². The first-order valence-corrected chi connectivity index (χ1v) is 13.4. The molecule has 2 amide bonds. The van der Waals surface area contributed by atoms with Crippen molar-refractivity contribution in [2.45, 2.75) is 24.4 Å². The first kappa shape index (κ1) is 22.5. The van der Waals surface area contributed by atoms with Crippen LogP contribution in [0, 0.1) is 11.8 Å². The minimum Gasteiger partial charge on any atom is -0.283 e. The molecule has 1 spiro atoms. The van der Waals surface area contributed by atoms with E-state index in [1.807, 2.05) is 42.5 Å². The Labute approximate surface area is 227 Å². The number of halogens is 2. The number of fused-ring (bicyclic) bond motifs is 11. The molecule has 8 rings (SSSR count). The Morgan fingerprint density at radius 2 is 1.63 bits per heavy atom. The molecule has 4 aromatic rings. The Bertz CT molecular complexity index is 1800. The van der Waals surface area contributed by atoms with E-state index in [2.05, 4.69) is 4.90 Å². The van der Waals surface area contributed by atoms with E-state index < -0.39 is 17.4 Å². The molecule has 0 radical (unpaired) electrons. The third kappa shape index (κ3) is 2.46. The Morgan fingerprint density at radius 1 is 0.868 bits per heavy atom. The van der Waals surface area contributed by atoms with E-state index in [0.717, 1.165) is 18.4 Å². The summed E-state index contributed by atoms with van der Waals surface area (Å²) in [7, 11) is 0. The van der Waals surface area contributed by atoms with Gasteiger partial charge in [0.2, 0.25) is 11.8 Å². The predicted molar refractivity (Wildman–Crippen MR) is 144 cm³/mol. The van der Waals surface area contributed by atoms with Crippen LogP contribution in [-0.4, -0.2) is 38.9 Å². The molecular formula is C29H20Cl2N4O3. The van der Waals surface area contributed by atoms with Gasteiger partial charge in [-0.3, -0.25) is 23.9 Å². The zero-order chi connectivity index (χ0) is 25.9. The normalized spacial score (nSPS) is 27.3. The number of hydrogen-bond donors (Lipinski definition) is 0. The molecule has 0 bridgehead atoms. The van der Waals surface area contributed by atoms with Crippen molar-refractivity contribution >= 4 is 51.6 Å². The average molecular weight is 543 g/mol. The largest absolute Gasteiger partial charge is 0.283 e. The summed E-state index contributed by atoms with van der Waals surface area (Å²) in [5.74, 6) is -1.48. The van der Waals surface area contributed by atoms with Gasteiger partial charge in [-0.1, -0.05) is 59.6 Å². The minimum absolute atomic E-state index is 0.164. The Kier molecular flexibility index (Phi) is 4.45. The summed E-state index contributed by atoms with van der Waals surface area (Å²) < 4.78 is 1.65. The molecule has 4 atom stereocenters. The summed E-state index contributed by atoms with van der Waals surface area (Å²) in [4.78, 5) is 51.1. The number of carbonyl (C=O) groups is 2. The van der Waals surface area contributed by atoms with Gasteiger partial charge in [-0.15, -0.1) is 0 Å². The van der Waals surface area contributed by atoms with Gasteiger partial charge in [-0.05, 0) is 49.7 Å². The van der Waals surface area contributed by atoms with Crippen LogP contribution >= 0.6 is 23.2 Å². The van der Waals surface area contributed by atoms with Crippen molar-refractivity contribution in [2.24, 2.45) is 11.8 Å². The van der Waals surface area contributed by atoms with Crippen molar-refractivity contribution in [1.82, 2.24) is 14.5 Å². The molecule has 9 heteroatoms. The monoisotopic (exact) mass is 542 g/mol. The van der Waals surface area contributed by atoms with Gasteiger partial charge in [0.1, 0.15) is 11.4 Å². The highest BCUT2D eigenvalue weighted by Crippen LogP contribution is 2.62. The summed E-state index contributed by atoms with van der Waals surface area (Å²) in [5.41, 5.74) is 1.16. The fourth-order valence-corrected chi connectivity index (χ4v) is 7.90. The van der Waals surface area contributed by atoms with Crippen LogP contribution in [0.5, 0.6) is 0 Å². The number of imide groups is 1. The van der Waals surface area contributed by atoms with Gasteiger partial charge in [0, 0.05) is 11.6 Å². The van der Waals surface area contributed by atoms with Gasteiger partial charge >= 0.3 is 0 Å². The van der Waals surface area contributed by atoms with E-state index >= 15 is 0 Å². The predicted octanol–water partition coefficient (Wildman–Crippen LogP) is 4.53. The second-order valence-corrected chi connectivity index (χ2v) is 11.2. The summed E-state index contributed by atoms with van der Waals surface area (Å²) in [6.07, 6.45) is 1.66. The number of aromatic nitrogens is 2. The molecule has 4 aliphatic heterocycles. The molecule has 38 heavy (non-hydrogen) atoms. The lowest BCUT2D eigenvalue weighted by molar-refractivity contribution is -0.124. The molecule has 4 aliphatic rings. The molecule has 3 saturated heterocycles. The van der Waals surface area contributed by atoms with Crippen LogP contribution in [0.2, 0.25) is 10.0 Å². The van der Waals surface area contributed by atoms with Crippen molar-refractivity contribution < 1.29 is 9.59 Å². The maximum absolute atomic E-state index is 14.5. The number of hydrogen-bond acceptors (Lipinski definition) is 5. The Balaban J connectivity index is 1.45. The lowest BCUT2D eigenvalue weighted by Gasteiger charge is -2.38. The molecule has 7 nitrogen and oxygen atoms in total. The Morgan fingerprint density at radius 3 is 2.50 bits per heavy atom. The summed E-state index contributed by atoms with van der Waals surface area (Å²) in [6, 6.07) is 19.7. The SMILES string of the molecule is O=C1[C@H]2[C@@H]3CCCN3[C@@]3(c4ccccc4-n4c3nc3ccccc3c4=O)[C@H]2C(=O)N1c1cccc(Cl)c1Cl. The maximum Gasteiger partial charge on any atom is 0.266 e. The number of anilines is 1. The second kappa shape index (κ2) is 7.53. The molecule has 3 aromatic carbocycles. The van der Waals surface area contributed by atoms with E-state index in [1.165, 1.54) is 4.90 Å². The third-order valence-corrected chi connectivity index (χ3v) is 9.62. The van der Waals surface area contributed by atoms with E-state index in [1.54, 1.807) is 28.8 Å². The maximum atomic E-state index is 14.5. The fourth-order valence-electron chi connectivity index (χ4n) is 7.52. The third-order valence-electron chi connectivity index (χ3n) is 8.81. The van der Waals surface area contributed by atoms with Gasteiger partial charge < -0.3 is 0 Å². The standard InChI is InChI=1S/C29H20Cl2N4O3/c30-17-9-5-12-21(24(17)31)34-26(37)22-20-13-6-14-33(20)29(23(22)27(34)38)16-8-2-4-11-19(16)35-25(36)15-7-1-3-10-18(15)32-28(29)35/h1-5,7-12,20,22-23H,6,13-14H2/t20-,22-,23+,29-/m0/s1. The topological polar surface area (TPSA) is 75.5 Å². The van der Waals surface area contributed by atoms with Crippen molar-refractivity contribution in [2.75, 3.05) is 11.4 Å². The van der Waals surface area contributed by atoms with Crippen LogP contribution in [0.25, 0.3) is 16.6 Å². The average Bonchev–Trinajstić information content (AvgIpc) is 3.64. The lowest BCUT2D eigenvalue weighted by atomic mass is 9.75. The second-order valence-electron chi connectivity index (χ2n) is 10.4.